The highest BCUT2D eigenvalue weighted by molar-refractivity contribution is 7.89. The van der Waals surface area contributed by atoms with E-state index in [1.54, 1.807) is 19.1 Å². The molecule has 0 saturated carbocycles. The molecule has 0 unspecified atom stereocenters. The molecule has 0 amide bonds. The zero-order valence-electron chi connectivity index (χ0n) is 10.6. The molecular weight excluding hydrogens is 286 g/mol. The van der Waals surface area contributed by atoms with Gasteiger partial charge in [0, 0.05) is 16.8 Å². The molecule has 19 heavy (non-hydrogen) atoms. The van der Waals surface area contributed by atoms with E-state index in [-0.39, 0.29) is 5.75 Å². The summed E-state index contributed by atoms with van der Waals surface area (Å²) >= 11 is 6.22. The summed E-state index contributed by atoms with van der Waals surface area (Å²) in [7, 11) is -3.38. The van der Waals surface area contributed by atoms with Crippen LogP contribution >= 0.6 is 11.6 Å². The lowest BCUT2D eigenvalue weighted by molar-refractivity contribution is 0.581. The number of nitrogen functional groups attached to an aromatic ring is 1. The summed E-state index contributed by atoms with van der Waals surface area (Å²) in [6.07, 6.45) is 2.93. The SMILES string of the molecule is CCS(=O)(=O)n1cc(-c2ccc(N)c(C)c2Cl)cn1. The van der Waals surface area contributed by atoms with Crippen molar-refractivity contribution in [3.05, 3.63) is 35.1 Å². The molecule has 5 nitrogen and oxygen atoms in total. The summed E-state index contributed by atoms with van der Waals surface area (Å²) in [6, 6.07) is 3.49. The molecule has 0 saturated heterocycles. The number of halogens is 1. The minimum absolute atomic E-state index is 0.0113. The van der Waals surface area contributed by atoms with Crippen molar-refractivity contribution in [3.8, 4) is 11.1 Å². The first-order valence-corrected chi connectivity index (χ1v) is 7.68. The Bertz CT molecular complexity index is 723. The Morgan fingerprint density at radius 1 is 1.42 bits per heavy atom. The predicted molar refractivity (Wildman–Crippen MR) is 76.7 cm³/mol. The van der Waals surface area contributed by atoms with Crippen molar-refractivity contribution >= 4 is 27.3 Å². The Kier molecular flexibility index (Phi) is 3.56. The van der Waals surface area contributed by atoms with Gasteiger partial charge in [-0.15, -0.1) is 0 Å². The fourth-order valence-electron chi connectivity index (χ4n) is 1.65. The molecule has 0 bridgehead atoms. The number of hydrogen-bond donors (Lipinski definition) is 1. The molecule has 2 aromatic rings. The number of nitrogens with zero attached hydrogens (tertiary/aromatic N) is 2. The third-order valence-corrected chi connectivity index (χ3v) is 4.94. The second-order valence-corrected chi connectivity index (χ2v) is 6.64. The molecule has 1 aromatic carbocycles. The van der Waals surface area contributed by atoms with Crippen LogP contribution in [-0.4, -0.2) is 23.4 Å². The van der Waals surface area contributed by atoms with Crippen molar-refractivity contribution in [1.82, 2.24) is 9.19 Å². The fraction of sp³-hybridized carbons (Fsp3) is 0.250. The Balaban J connectivity index is 2.53. The third-order valence-electron chi connectivity index (χ3n) is 2.95. The average molecular weight is 300 g/mol. The summed E-state index contributed by atoms with van der Waals surface area (Å²) in [6.45, 7) is 3.38. The monoisotopic (exact) mass is 299 g/mol. The van der Waals surface area contributed by atoms with Gasteiger partial charge in [-0.25, -0.2) is 8.42 Å². The predicted octanol–water partition coefficient (Wildman–Crippen LogP) is 2.29. The number of benzene rings is 1. The van der Waals surface area contributed by atoms with E-state index in [0.717, 1.165) is 9.65 Å². The van der Waals surface area contributed by atoms with Crippen LogP contribution < -0.4 is 5.73 Å². The molecule has 0 spiro atoms. The van der Waals surface area contributed by atoms with E-state index in [9.17, 15) is 8.42 Å². The van der Waals surface area contributed by atoms with Crippen LogP contribution in [0.5, 0.6) is 0 Å². The zero-order valence-corrected chi connectivity index (χ0v) is 12.2. The maximum atomic E-state index is 11.7. The summed E-state index contributed by atoms with van der Waals surface area (Å²) in [4.78, 5) is 0. The second-order valence-electron chi connectivity index (χ2n) is 4.14. The van der Waals surface area contributed by atoms with Gasteiger partial charge in [-0.1, -0.05) is 17.7 Å². The van der Waals surface area contributed by atoms with E-state index in [4.69, 9.17) is 17.3 Å². The lowest BCUT2D eigenvalue weighted by atomic mass is 10.1. The summed E-state index contributed by atoms with van der Waals surface area (Å²) in [5, 5.41) is 4.37. The molecule has 0 radical (unpaired) electrons. The fourth-order valence-corrected chi connectivity index (χ4v) is 2.66. The van der Waals surface area contributed by atoms with Crippen LogP contribution in [0.4, 0.5) is 5.69 Å². The largest absolute Gasteiger partial charge is 0.398 e. The number of rotatable bonds is 3. The highest BCUT2D eigenvalue weighted by Crippen LogP contribution is 2.33. The van der Waals surface area contributed by atoms with Crippen LogP contribution in [0.15, 0.2) is 24.5 Å². The van der Waals surface area contributed by atoms with Crippen LogP contribution in [-0.2, 0) is 10.0 Å². The van der Waals surface area contributed by atoms with Crippen LogP contribution in [0.3, 0.4) is 0 Å². The maximum Gasteiger partial charge on any atom is 0.253 e. The zero-order chi connectivity index (χ0) is 14.2. The summed E-state index contributed by atoms with van der Waals surface area (Å²) < 4.78 is 24.4. The number of hydrogen-bond acceptors (Lipinski definition) is 4. The van der Waals surface area contributed by atoms with Gasteiger partial charge in [-0.2, -0.15) is 9.19 Å². The van der Waals surface area contributed by atoms with Crippen LogP contribution in [0.25, 0.3) is 11.1 Å². The molecule has 2 rings (SSSR count). The van der Waals surface area contributed by atoms with Gasteiger partial charge in [-0.3, -0.25) is 0 Å². The van der Waals surface area contributed by atoms with Crippen molar-refractivity contribution in [2.24, 2.45) is 0 Å². The summed E-state index contributed by atoms with van der Waals surface area (Å²) in [5.41, 5.74) is 8.49. The molecule has 0 aliphatic heterocycles. The van der Waals surface area contributed by atoms with Crippen LogP contribution in [0, 0.1) is 6.92 Å². The van der Waals surface area contributed by atoms with Crippen LogP contribution in [0.1, 0.15) is 12.5 Å². The van der Waals surface area contributed by atoms with Gasteiger partial charge in [-0.05, 0) is 25.5 Å². The smallest absolute Gasteiger partial charge is 0.253 e. The van der Waals surface area contributed by atoms with Crippen molar-refractivity contribution in [3.63, 3.8) is 0 Å². The minimum atomic E-state index is -3.38. The molecule has 0 fully saturated rings. The standard InChI is InChI=1S/C12H14ClN3O2S/c1-3-19(17,18)16-7-9(6-15-16)10-4-5-11(14)8(2)12(10)13/h4-7H,3,14H2,1-2H3. The molecule has 0 atom stereocenters. The van der Waals surface area contributed by atoms with Gasteiger partial charge in [0.1, 0.15) is 0 Å². The third kappa shape index (κ3) is 2.46. The molecule has 0 aliphatic carbocycles. The molecule has 1 aromatic heterocycles. The number of anilines is 1. The van der Waals surface area contributed by atoms with Crippen molar-refractivity contribution in [2.45, 2.75) is 13.8 Å². The first-order chi connectivity index (χ1) is 8.86. The normalized spacial score (nSPS) is 11.7. The van der Waals surface area contributed by atoms with Gasteiger partial charge < -0.3 is 5.73 Å². The lowest BCUT2D eigenvalue weighted by Gasteiger charge is -2.07. The van der Waals surface area contributed by atoms with Crippen molar-refractivity contribution < 1.29 is 8.42 Å². The molecule has 0 aliphatic rings. The molecule has 102 valence electrons. The van der Waals surface area contributed by atoms with Crippen molar-refractivity contribution in [2.75, 3.05) is 11.5 Å². The first-order valence-electron chi connectivity index (χ1n) is 5.69. The van der Waals surface area contributed by atoms with Gasteiger partial charge in [0.25, 0.3) is 10.0 Å². The highest BCUT2D eigenvalue weighted by Gasteiger charge is 2.15. The van der Waals surface area contributed by atoms with Crippen LogP contribution in [0.2, 0.25) is 5.02 Å². The Morgan fingerprint density at radius 2 is 2.11 bits per heavy atom. The topological polar surface area (TPSA) is 78.0 Å². The van der Waals surface area contributed by atoms with E-state index in [1.165, 1.54) is 12.4 Å². The van der Waals surface area contributed by atoms with E-state index in [2.05, 4.69) is 5.10 Å². The molecule has 1 heterocycles. The lowest BCUT2D eigenvalue weighted by Crippen LogP contribution is -2.14. The molecule has 2 N–H and O–H groups in total. The van der Waals surface area contributed by atoms with Gasteiger partial charge in [0.05, 0.1) is 23.2 Å². The van der Waals surface area contributed by atoms with Gasteiger partial charge >= 0.3 is 0 Å². The molecular formula is C12H14ClN3O2S. The summed E-state index contributed by atoms with van der Waals surface area (Å²) in [5.74, 6) is -0.0113. The Morgan fingerprint density at radius 3 is 2.74 bits per heavy atom. The molecule has 7 heteroatoms. The highest BCUT2D eigenvalue weighted by atomic mass is 35.5. The van der Waals surface area contributed by atoms with E-state index in [0.29, 0.717) is 21.8 Å². The van der Waals surface area contributed by atoms with Crippen molar-refractivity contribution in [1.29, 1.82) is 0 Å². The Hall–Kier alpha value is -1.53. The first kappa shape index (κ1) is 13.9. The van der Waals surface area contributed by atoms with E-state index < -0.39 is 10.0 Å². The number of nitrogens with two attached hydrogens (primary N) is 1. The van der Waals surface area contributed by atoms with Gasteiger partial charge in [0.15, 0.2) is 0 Å². The van der Waals surface area contributed by atoms with Gasteiger partial charge in [0.2, 0.25) is 0 Å². The minimum Gasteiger partial charge on any atom is -0.398 e. The maximum absolute atomic E-state index is 11.7. The average Bonchev–Trinajstić information content (AvgIpc) is 2.86. The van der Waals surface area contributed by atoms with E-state index >= 15 is 0 Å². The Labute approximate surface area is 117 Å². The second kappa shape index (κ2) is 4.86. The number of aromatic nitrogens is 2. The quantitative estimate of drug-likeness (QED) is 0.882. The van der Waals surface area contributed by atoms with E-state index in [1.807, 2.05) is 6.92 Å².